The molecule has 0 aliphatic carbocycles. The molecule has 0 bridgehead atoms. The molecule has 0 spiro atoms. The number of esters is 2. The summed E-state index contributed by atoms with van der Waals surface area (Å²) in [5.41, 5.74) is 0. The lowest BCUT2D eigenvalue weighted by atomic mass is 10.1. The summed E-state index contributed by atoms with van der Waals surface area (Å²) in [7, 11) is 0. The van der Waals surface area contributed by atoms with Crippen LogP contribution in [0.25, 0.3) is 0 Å². The summed E-state index contributed by atoms with van der Waals surface area (Å²) in [4.78, 5) is 25.3. The van der Waals surface area contributed by atoms with Crippen LogP contribution in [0.5, 0.6) is 0 Å². The largest absolute Gasteiger partial charge is 0.462 e. The van der Waals surface area contributed by atoms with Crippen LogP contribution in [0.3, 0.4) is 0 Å². The monoisotopic (exact) mass is 833 g/mol. The van der Waals surface area contributed by atoms with Gasteiger partial charge in [-0.3, -0.25) is 9.59 Å². The van der Waals surface area contributed by atoms with Crippen LogP contribution in [-0.4, -0.2) is 37.9 Å². The van der Waals surface area contributed by atoms with Crippen molar-refractivity contribution in [3.05, 3.63) is 97.2 Å². The van der Waals surface area contributed by atoms with Gasteiger partial charge in [-0.1, -0.05) is 195 Å². The molecule has 0 amide bonds. The average Bonchev–Trinajstić information content (AvgIpc) is 3.25. The van der Waals surface area contributed by atoms with Crippen LogP contribution in [0.1, 0.15) is 213 Å². The van der Waals surface area contributed by atoms with E-state index >= 15 is 0 Å². The van der Waals surface area contributed by atoms with Gasteiger partial charge >= 0.3 is 11.9 Å². The molecule has 5 heteroatoms. The van der Waals surface area contributed by atoms with Crippen LogP contribution in [0.2, 0.25) is 0 Å². The highest BCUT2D eigenvalue weighted by Crippen LogP contribution is 2.13. The second-order valence-corrected chi connectivity index (χ2v) is 15.9. The Morgan fingerprint density at radius 1 is 0.383 bits per heavy atom. The number of carbonyl (C=O) groups excluding carboxylic acids is 2. The summed E-state index contributed by atoms with van der Waals surface area (Å²) in [6.07, 6.45) is 67.2. The first kappa shape index (κ1) is 56.8. The van der Waals surface area contributed by atoms with Crippen molar-refractivity contribution >= 4 is 11.9 Å². The smallest absolute Gasteiger partial charge is 0.306 e. The Labute approximate surface area is 371 Å². The van der Waals surface area contributed by atoms with Gasteiger partial charge in [0.1, 0.15) is 6.61 Å². The predicted octanol–water partition coefficient (Wildman–Crippen LogP) is 16.7. The molecule has 0 saturated carbocycles. The predicted molar refractivity (Wildman–Crippen MR) is 260 cm³/mol. The minimum Gasteiger partial charge on any atom is -0.462 e. The topological polar surface area (TPSA) is 61.8 Å². The van der Waals surface area contributed by atoms with Crippen molar-refractivity contribution in [1.29, 1.82) is 0 Å². The molecule has 0 aliphatic rings. The summed E-state index contributed by atoms with van der Waals surface area (Å²) in [6, 6.07) is 0. The van der Waals surface area contributed by atoms with Crippen molar-refractivity contribution in [2.75, 3.05) is 19.8 Å². The van der Waals surface area contributed by atoms with E-state index in [9.17, 15) is 9.59 Å². The number of hydrogen-bond acceptors (Lipinski definition) is 5. The minimum absolute atomic E-state index is 0.0296. The van der Waals surface area contributed by atoms with E-state index in [2.05, 4.69) is 112 Å². The number of hydrogen-bond donors (Lipinski definition) is 0. The molecule has 0 aromatic rings. The fraction of sp³-hybridized carbons (Fsp3) is 0.673. The average molecular weight is 833 g/mol. The lowest BCUT2D eigenvalue weighted by molar-refractivity contribution is -0.162. The zero-order chi connectivity index (χ0) is 43.5. The van der Waals surface area contributed by atoms with Crippen LogP contribution >= 0.6 is 0 Å². The van der Waals surface area contributed by atoms with Gasteiger partial charge in [0.2, 0.25) is 0 Å². The molecule has 60 heavy (non-hydrogen) atoms. The van der Waals surface area contributed by atoms with Gasteiger partial charge in [-0.2, -0.15) is 0 Å². The molecule has 5 nitrogen and oxygen atoms in total. The van der Waals surface area contributed by atoms with Gasteiger partial charge in [0, 0.05) is 19.4 Å². The molecule has 1 atom stereocenters. The first-order valence-corrected chi connectivity index (χ1v) is 24.8. The van der Waals surface area contributed by atoms with Gasteiger partial charge in [-0.05, 0) is 103 Å². The van der Waals surface area contributed by atoms with Crippen LogP contribution in [0.4, 0.5) is 0 Å². The summed E-state index contributed by atoms with van der Waals surface area (Å²) >= 11 is 0. The molecule has 0 N–H and O–H groups in total. The number of unbranched alkanes of at least 4 members (excludes halogenated alkanes) is 17. The molecule has 0 fully saturated rings. The fourth-order valence-electron chi connectivity index (χ4n) is 6.47. The molecule has 0 rings (SSSR count). The Balaban J connectivity index is 4.38. The van der Waals surface area contributed by atoms with Crippen LogP contribution < -0.4 is 0 Å². The maximum atomic E-state index is 12.7. The van der Waals surface area contributed by atoms with E-state index in [1.807, 2.05) is 6.08 Å². The van der Waals surface area contributed by atoms with Gasteiger partial charge in [0.25, 0.3) is 0 Å². The third-order valence-electron chi connectivity index (χ3n) is 10.1. The highest BCUT2D eigenvalue weighted by molar-refractivity contribution is 5.70. The second kappa shape index (κ2) is 50.2. The van der Waals surface area contributed by atoms with Crippen molar-refractivity contribution in [1.82, 2.24) is 0 Å². The Hall–Kier alpha value is -3.18. The Kier molecular flexibility index (Phi) is 47.5. The summed E-state index contributed by atoms with van der Waals surface area (Å²) < 4.78 is 17.3. The van der Waals surface area contributed by atoms with Gasteiger partial charge in [-0.25, -0.2) is 0 Å². The fourth-order valence-corrected chi connectivity index (χ4v) is 6.47. The zero-order valence-electron chi connectivity index (χ0n) is 39.2. The Bertz CT molecular complexity index is 1170. The Morgan fingerprint density at radius 2 is 0.783 bits per heavy atom. The molecule has 342 valence electrons. The lowest BCUT2D eigenvalue weighted by Crippen LogP contribution is -2.30. The van der Waals surface area contributed by atoms with E-state index in [0.29, 0.717) is 25.9 Å². The number of ether oxygens (including phenoxy) is 3. The van der Waals surface area contributed by atoms with E-state index in [-0.39, 0.29) is 25.2 Å². The Morgan fingerprint density at radius 3 is 1.28 bits per heavy atom. The number of allylic oxidation sites excluding steroid dienone is 16. The maximum Gasteiger partial charge on any atom is 0.306 e. The SMILES string of the molecule is CC/C=C\C/C=C\C/C=C\C/C=C\CCC(=O)OCC(COCCCCCCCCCC/C=C\CCCCCCCC)OC(=O)CCCCC/C=C\C/C=C\C/C=C\CC. The lowest BCUT2D eigenvalue weighted by Gasteiger charge is -2.18. The van der Waals surface area contributed by atoms with E-state index in [1.165, 1.54) is 89.9 Å². The first-order valence-electron chi connectivity index (χ1n) is 24.8. The standard InChI is InChI=1S/C55H92O5/c1-4-7-10-13-16-19-22-25-26-27-28-29-32-35-38-41-44-47-50-58-51-53(60-55(57)49-46-43-40-37-34-31-24-21-18-15-12-9-6-3)52-59-54(56)48-45-42-39-36-33-30-23-20-17-14-11-8-5-2/h8-9,11-12,17-18,20-21,25-26,30-31,33-34,39,42,53H,4-7,10,13-16,19,22-24,27-29,32,35-38,40-41,43-52H2,1-3H3/b11-8-,12-9-,20-17-,21-18-,26-25-,33-30-,34-31-,42-39-. The van der Waals surface area contributed by atoms with Crippen molar-refractivity contribution in [2.24, 2.45) is 0 Å². The quantitative estimate of drug-likeness (QED) is 0.0348. The van der Waals surface area contributed by atoms with Crippen LogP contribution in [-0.2, 0) is 23.8 Å². The van der Waals surface area contributed by atoms with Crippen molar-refractivity contribution < 1.29 is 23.8 Å². The van der Waals surface area contributed by atoms with Gasteiger partial charge in [0.15, 0.2) is 6.10 Å². The van der Waals surface area contributed by atoms with Gasteiger partial charge < -0.3 is 14.2 Å². The van der Waals surface area contributed by atoms with Crippen molar-refractivity contribution in [3.8, 4) is 0 Å². The van der Waals surface area contributed by atoms with Crippen LogP contribution in [0, 0.1) is 0 Å². The first-order chi connectivity index (χ1) is 29.6. The van der Waals surface area contributed by atoms with Crippen molar-refractivity contribution in [2.45, 2.75) is 219 Å². The van der Waals surface area contributed by atoms with E-state index in [1.54, 1.807) is 0 Å². The molecule has 0 saturated heterocycles. The van der Waals surface area contributed by atoms with Gasteiger partial charge in [0.05, 0.1) is 6.61 Å². The molecule has 0 aromatic carbocycles. The zero-order valence-corrected chi connectivity index (χ0v) is 39.2. The molecule has 0 aromatic heterocycles. The molecule has 0 aliphatic heterocycles. The maximum absolute atomic E-state index is 12.7. The van der Waals surface area contributed by atoms with Gasteiger partial charge in [-0.15, -0.1) is 0 Å². The second-order valence-electron chi connectivity index (χ2n) is 15.9. The summed E-state index contributed by atoms with van der Waals surface area (Å²) in [5, 5.41) is 0. The van der Waals surface area contributed by atoms with E-state index < -0.39 is 6.10 Å². The molecule has 1 unspecified atom stereocenters. The number of rotatable bonds is 44. The normalized spacial score (nSPS) is 13.1. The molecule has 0 heterocycles. The third kappa shape index (κ3) is 47.5. The molecular weight excluding hydrogens is 741 g/mol. The van der Waals surface area contributed by atoms with Crippen molar-refractivity contribution in [3.63, 3.8) is 0 Å². The highest BCUT2D eigenvalue weighted by atomic mass is 16.6. The summed E-state index contributed by atoms with van der Waals surface area (Å²) in [6.45, 7) is 7.47. The highest BCUT2D eigenvalue weighted by Gasteiger charge is 2.17. The third-order valence-corrected chi connectivity index (χ3v) is 10.1. The number of carbonyl (C=O) groups is 2. The molecular formula is C55H92O5. The summed E-state index contributed by atoms with van der Waals surface area (Å²) in [5.74, 6) is -0.531. The molecule has 0 radical (unpaired) electrons. The van der Waals surface area contributed by atoms with Crippen LogP contribution in [0.15, 0.2) is 97.2 Å². The minimum atomic E-state index is -0.585. The van der Waals surface area contributed by atoms with E-state index in [0.717, 1.165) is 83.5 Å². The van der Waals surface area contributed by atoms with E-state index in [4.69, 9.17) is 14.2 Å².